The molecule has 6 nitrogen and oxygen atoms in total. The third kappa shape index (κ3) is 3.81. The Morgan fingerprint density at radius 2 is 1.86 bits per heavy atom. The van der Waals surface area contributed by atoms with Gasteiger partial charge in [-0.2, -0.15) is 0 Å². The Morgan fingerprint density at radius 3 is 2.48 bits per heavy atom. The molecule has 0 bridgehead atoms. The van der Waals surface area contributed by atoms with Crippen LogP contribution in [0.15, 0.2) is 18.2 Å². The smallest absolute Gasteiger partial charge is 0.326 e. The van der Waals surface area contributed by atoms with Crippen molar-refractivity contribution in [1.29, 1.82) is 0 Å². The normalized spacial score (nSPS) is 14.9. The van der Waals surface area contributed by atoms with E-state index in [2.05, 4.69) is 5.32 Å². The third-order valence-corrected chi connectivity index (χ3v) is 3.62. The van der Waals surface area contributed by atoms with Gasteiger partial charge in [-0.05, 0) is 48.9 Å². The third-order valence-electron chi connectivity index (χ3n) is 3.62. The lowest BCUT2D eigenvalue weighted by atomic mass is 9.90. The van der Waals surface area contributed by atoms with Crippen LogP contribution in [0.1, 0.15) is 40.7 Å². The Morgan fingerprint density at radius 1 is 1.19 bits per heavy atom. The summed E-state index contributed by atoms with van der Waals surface area (Å²) < 4.78 is 0. The number of nitrogens with one attached hydrogen (secondary N) is 1. The highest BCUT2D eigenvalue weighted by Crippen LogP contribution is 2.22. The highest BCUT2D eigenvalue weighted by molar-refractivity contribution is 5.97. The second-order valence-electron chi connectivity index (χ2n) is 5.23. The van der Waals surface area contributed by atoms with Gasteiger partial charge in [-0.25, -0.2) is 4.79 Å². The van der Waals surface area contributed by atoms with Crippen LogP contribution in [0.25, 0.3) is 0 Å². The number of carbonyl (C=O) groups is 3. The molecule has 0 heterocycles. The Balaban J connectivity index is 2.12. The fourth-order valence-corrected chi connectivity index (χ4v) is 2.52. The predicted molar refractivity (Wildman–Crippen MR) is 75.8 cm³/mol. The van der Waals surface area contributed by atoms with Crippen LogP contribution in [0.3, 0.4) is 0 Å². The minimum atomic E-state index is -1.30. The van der Waals surface area contributed by atoms with E-state index in [9.17, 15) is 14.4 Å². The fraction of sp³-hybridized carbons (Fsp3) is 0.400. The van der Waals surface area contributed by atoms with Crippen molar-refractivity contribution < 1.29 is 19.5 Å². The van der Waals surface area contributed by atoms with Gasteiger partial charge in [0.05, 0.1) is 6.42 Å². The Kier molecular flexibility index (Phi) is 4.57. The lowest BCUT2D eigenvalue weighted by molar-refractivity contribution is -0.140. The molecule has 1 aromatic rings. The van der Waals surface area contributed by atoms with Gasteiger partial charge in [0.15, 0.2) is 0 Å². The van der Waals surface area contributed by atoms with Gasteiger partial charge in [0.1, 0.15) is 6.04 Å². The molecule has 21 heavy (non-hydrogen) atoms. The van der Waals surface area contributed by atoms with Gasteiger partial charge in [-0.15, -0.1) is 0 Å². The van der Waals surface area contributed by atoms with Crippen molar-refractivity contribution in [2.45, 2.75) is 38.1 Å². The predicted octanol–water partition coefficient (Wildman–Crippen LogP) is 0.624. The summed E-state index contributed by atoms with van der Waals surface area (Å²) in [5.41, 5.74) is 7.77. The molecule has 0 spiro atoms. The van der Waals surface area contributed by atoms with Crippen LogP contribution in [-0.4, -0.2) is 28.9 Å². The minimum Gasteiger partial charge on any atom is -0.480 e. The van der Waals surface area contributed by atoms with E-state index in [1.165, 1.54) is 5.56 Å². The second-order valence-corrected chi connectivity index (χ2v) is 5.23. The lowest BCUT2D eigenvalue weighted by Crippen LogP contribution is -2.43. The largest absolute Gasteiger partial charge is 0.480 e. The van der Waals surface area contributed by atoms with Crippen molar-refractivity contribution in [2.75, 3.05) is 0 Å². The average molecular weight is 290 g/mol. The van der Waals surface area contributed by atoms with Gasteiger partial charge in [-0.1, -0.05) is 6.07 Å². The molecule has 2 rings (SSSR count). The first-order valence-electron chi connectivity index (χ1n) is 6.91. The maximum absolute atomic E-state index is 12.1. The molecular formula is C15H18N2O4. The van der Waals surface area contributed by atoms with E-state index in [1.54, 1.807) is 12.1 Å². The van der Waals surface area contributed by atoms with Gasteiger partial charge in [0.25, 0.3) is 5.91 Å². The van der Waals surface area contributed by atoms with Crippen molar-refractivity contribution in [1.82, 2.24) is 5.32 Å². The van der Waals surface area contributed by atoms with Crippen molar-refractivity contribution in [3.05, 3.63) is 34.9 Å². The van der Waals surface area contributed by atoms with E-state index < -0.39 is 30.2 Å². The first-order valence-corrected chi connectivity index (χ1v) is 6.91. The Hall–Kier alpha value is -2.37. The number of hydrogen-bond donors (Lipinski definition) is 3. The summed E-state index contributed by atoms with van der Waals surface area (Å²) >= 11 is 0. The summed E-state index contributed by atoms with van der Waals surface area (Å²) in [4.78, 5) is 33.9. The number of nitrogens with two attached hydrogens (primary N) is 1. The average Bonchev–Trinajstić information content (AvgIpc) is 2.45. The molecule has 2 amide bonds. The number of carboxylic acids is 1. The lowest BCUT2D eigenvalue weighted by Gasteiger charge is -2.17. The molecule has 1 aliphatic rings. The van der Waals surface area contributed by atoms with E-state index in [4.69, 9.17) is 10.8 Å². The van der Waals surface area contributed by atoms with Crippen LogP contribution < -0.4 is 11.1 Å². The van der Waals surface area contributed by atoms with E-state index in [0.29, 0.717) is 5.56 Å². The number of rotatable bonds is 5. The number of fused-ring (bicyclic) bond motifs is 1. The number of amides is 2. The number of hydrogen-bond acceptors (Lipinski definition) is 3. The quantitative estimate of drug-likeness (QED) is 0.738. The molecule has 4 N–H and O–H groups in total. The molecule has 1 aromatic carbocycles. The summed E-state index contributed by atoms with van der Waals surface area (Å²) in [6.07, 6.45) is 3.76. The van der Waals surface area contributed by atoms with Gasteiger partial charge in [0, 0.05) is 5.56 Å². The summed E-state index contributed by atoms with van der Waals surface area (Å²) in [5.74, 6) is -2.55. The summed E-state index contributed by atoms with van der Waals surface area (Å²) in [6, 6.07) is 4.09. The molecule has 0 saturated carbocycles. The molecule has 0 aromatic heterocycles. The van der Waals surface area contributed by atoms with Gasteiger partial charge in [-0.3, -0.25) is 9.59 Å². The number of carbonyl (C=O) groups excluding carboxylic acids is 2. The van der Waals surface area contributed by atoms with Gasteiger partial charge in [0.2, 0.25) is 5.91 Å². The van der Waals surface area contributed by atoms with Crippen molar-refractivity contribution in [2.24, 2.45) is 5.73 Å². The SMILES string of the molecule is NC(=O)C[C@@H](NC(=O)c1ccc2c(c1)CCCC2)C(=O)O. The minimum absolute atomic E-state index is 0.409. The van der Waals surface area contributed by atoms with Crippen LogP contribution in [0.4, 0.5) is 0 Å². The maximum Gasteiger partial charge on any atom is 0.326 e. The zero-order chi connectivity index (χ0) is 15.4. The monoisotopic (exact) mass is 290 g/mol. The van der Waals surface area contributed by atoms with E-state index in [-0.39, 0.29) is 0 Å². The highest BCUT2D eigenvalue weighted by Gasteiger charge is 2.23. The molecule has 1 aliphatic carbocycles. The van der Waals surface area contributed by atoms with E-state index in [0.717, 1.165) is 31.2 Å². The molecule has 0 fully saturated rings. The zero-order valence-electron chi connectivity index (χ0n) is 11.6. The van der Waals surface area contributed by atoms with Gasteiger partial charge < -0.3 is 16.2 Å². The van der Waals surface area contributed by atoms with Gasteiger partial charge >= 0.3 is 5.97 Å². The number of primary amides is 1. The van der Waals surface area contributed by atoms with Crippen molar-refractivity contribution in [3.8, 4) is 0 Å². The number of benzene rings is 1. The van der Waals surface area contributed by atoms with Crippen LogP contribution >= 0.6 is 0 Å². The topological polar surface area (TPSA) is 109 Å². The molecule has 0 saturated heterocycles. The van der Waals surface area contributed by atoms with E-state index >= 15 is 0 Å². The molecule has 0 unspecified atom stereocenters. The highest BCUT2D eigenvalue weighted by atomic mass is 16.4. The van der Waals surface area contributed by atoms with Crippen molar-refractivity contribution in [3.63, 3.8) is 0 Å². The van der Waals surface area contributed by atoms with Crippen LogP contribution in [0, 0.1) is 0 Å². The first kappa shape index (κ1) is 15.0. The Labute approximate surface area is 122 Å². The summed E-state index contributed by atoms with van der Waals surface area (Å²) in [6.45, 7) is 0. The van der Waals surface area contributed by atoms with Crippen LogP contribution in [0.5, 0.6) is 0 Å². The van der Waals surface area contributed by atoms with Crippen LogP contribution in [0.2, 0.25) is 0 Å². The molecule has 6 heteroatoms. The fourth-order valence-electron chi connectivity index (χ4n) is 2.52. The Bertz CT molecular complexity index is 583. The second kappa shape index (κ2) is 6.39. The molecule has 0 radical (unpaired) electrons. The molecule has 0 aliphatic heterocycles. The maximum atomic E-state index is 12.1. The standard InChI is InChI=1S/C15H18N2O4/c16-13(18)8-12(15(20)21)17-14(19)11-6-5-9-3-1-2-4-10(9)7-11/h5-7,12H,1-4,8H2,(H2,16,18)(H,17,19)(H,20,21)/t12-/m1/s1. The zero-order valence-corrected chi connectivity index (χ0v) is 11.6. The van der Waals surface area contributed by atoms with Crippen molar-refractivity contribution >= 4 is 17.8 Å². The first-order chi connectivity index (χ1) is 9.97. The number of carboxylic acid groups (broad SMARTS) is 1. The number of aryl methyl sites for hydroxylation is 2. The molecular weight excluding hydrogens is 272 g/mol. The molecule has 1 atom stereocenters. The van der Waals surface area contributed by atoms with E-state index in [1.807, 2.05) is 6.07 Å². The summed E-state index contributed by atoms with van der Waals surface area (Å²) in [5, 5.41) is 11.3. The summed E-state index contributed by atoms with van der Waals surface area (Å²) in [7, 11) is 0. The molecule has 112 valence electrons. The van der Waals surface area contributed by atoms with Crippen LogP contribution in [-0.2, 0) is 22.4 Å². The number of aliphatic carboxylic acids is 1.